The minimum absolute atomic E-state index is 0.00152. The molecule has 5 atom stereocenters. The molecule has 1 saturated heterocycles. The standard InChI is InChI=1S/C23H31NO6/c1-29-15-8-7-13-16(21(15)28)23-9-10-24(12-5-3-4-6-12)18(19(13)26)17(23)22(30-2)20(27)14(25)11-23/h7-8,12,14,18-20,25-28H,3-6,9-11H2,1-2H3/t14-,18-,19+,20-,23+/m0/s1. The van der Waals surface area contributed by atoms with E-state index in [0.717, 1.165) is 25.0 Å². The van der Waals surface area contributed by atoms with Gasteiger partial charge in [0.1, 0.15) is 11.9 Å². The molecule has 0 unspecified atom stereocenters. The van der Waals surface area contributed by atoms with Gasteiger partial charge in [-0.3, -0.25) is 4.90 Å². The third kappa shape index (κ3) is 2.52. The largest absolute Gasteiger partial charge is 0.504 e. The fraction of sp³-hybridized carbons (Fsp3) is 0.652. The van der Waals surface area contributed by atoms with Crippen LogP contribution in [-0.2, 0) is 10.2 Å². The van der Waals surface area contributed by atoms with Crippen LogP contribution in [0.1, 0.15) is 55.8 Å². The van der Waals surface area contributed by atoms with E-state index in [2.05, 4.69) is 4.90 Å². The van der Waals surface area contributed by atoms with Crippen molar-refractivity contribution in [3.8, 4) is 11.5 Å². The number of aliphatic hydroxyl groups excluding tert-OH is 3. The Kier molecular flexibility index (Phi) is 4.78. The number of aromatic hydroxyl groups is 1. The third-order valence-electron chi connectivity index (χ3n) is 7.92. The smallest absolute Gasteiger partial charge is 0.162 e. The second-order valence-corrected chi connectivity index (χ2v) is 9.18. The van der Waals surface area contributed by atoms with Gasteiger partial charge < -0.3 is 29.9 Å². The van der Waals surface area contributed by atoms with E-state index in [0.29, 0.717) is 35.1 Å². The molecule has 2 bridgehead atoms. The van der Waals surface area contributed by atoms with Crippen LogP contribution in [-0.4, -0.2) is 70.4 Å². The first-order valence-electron chi connectivity index (χ1n) is 10.9. The van der Waals surface area contributed by atoms with Crippen LogP contribution < -0.4 is 4.74 Å². The van der Waals surface area contributed by atoms with Crippen molar-refractivity contribution < 1.29 is 29.9 Å². The number of methoxy groups -OCH3 is 2. The highest BCUT2D eigenvalue weighted by Crippen LogP contribution is 2.61. The van der Waals surface area contributed by atoms with Crippen LogP contribution in [0.25, 0.3) is 0 Å². The molecule has 1 heterocycles. The number of phenolic OH excluding ortho intramolecular Hbond substituents is 1. The predicted octanol–water partition coefficient (Wildman–Crippen LogP) is 1.73. The lowest BCUT2D eigenvalue weighted by atomic mass is 9.54. The highest BCUT2D eigenvalue weighted by Gasteiger charge is 2.60. The van der Waals surface area contributed by atoms with Gasteiger partial charge in [-0.15, -0.1) is 0 Å². The number of benzene rings is 1. The van der Waals surface area contributed by atoms with Crippen LogP contribution >= 0.6 is 0 Å². The van der Waals surface area contributed by atoms with Crippen LogP contribution in [0, 0.1) is 0 Å². The normalized spacial score (nSPS) is 36.4. The van der Waals surface area contributed by atoms with Crippen molar-refractivity contribution in [1.29, 1.82) is 0 Å². The molecule has 4 aliphatic rings. The minimum atomic E-state index is -1.15. The summed E-state index contributed by atoms with van der Waals surface area (Å²) in [6.07, 6.45) is 2.46. The van der Waals surface area contributed by atoms with Gasteiger partial charge in [-0.05, 0) is 37.3 Å². The highest BCUT2D eigenvalue weighted by molar-refractivity contribution is 5.63. The lowest BCUT2D eigenvalue weighted by Crippen LogP contribution is -2.63. The lowest BCUT2D eigenvalue weighted by Gasteiger charge is -2.59. The molecule has 1 aromatic rings. The number of piperidine rings is 1. The molecule has 4 N–H and O–H groups in total. The summed E-state index contributed by atoms with van der Waals surface area (Å²) >= 11 is 0. The first kappa shape index (κ1) is 20.1. The van der Waals surface area contributed by atoms with E-state index in [1.807, 2.05) is 6.07 Å². The lowest BCUT2D eigenvalue weighted by molar-refractivity contribution is -0.0594. The number of likely N-dealkylation sites (tertiary alicyclic amines) is 1. The van der Waals surface area contributed by atoms with Gasteiger partial charge in [-0.25, -0.2) is 0 Å². The zero-order valence-electron chi connectivity index (χ0n) is 17.5. The topological polar surface area (TPSA) is 103 Å². The number of nitrogens with zero attached hydrogens (tertiary/aromatic N) is 1. The Hall–Kier alpha value is -1.80. The SMILES string of the molecule is COC1=C2[C@H]3[C@H](O)c4ccc(OC)c(O)c4[C@@]2(CCN3C2CCCC2)C[C@H](O)[C@@H]1O. The van der Waals surface area contributed by atoms with Crippen molar-refractivity contribution in [3.63, 3.8) is 0 Å². The summed E-state index contributed by atoms with van der Waals surface area (Å²) < 4.78 is 11.0. The zero-order chi connectivity index (χ0) is 21.2. The average molecular weight is 418 g/mol. The summed E-state index contributed by atoms with van der Waals surface area (Å²) in [6, 6.07) is 3.54. The molecule has 3 aliphatic carbocycles. The van der Waals surface area contributed by atoms with Crippen molar-refractivity contribution in [3.05, 3.63) is 34.6 Å². The van der Waals surface area contributed by atoms with E-state index in [9.17, 15) is 20.4 Å². The fourth-order valence-electron chi connectivity index (χ4n) is 6.69. The molecule has 30 heavy (non-hydrogen) atoms. The maximum absolute atomic E-state index is 11.6. The van der Waals surface area contributed by atoms with Crippen LogP contribution in [0.4, 0.5) is 0 Å². The van der Waals surface area contributed by atoms with E-state index in [1.54, 1.807) is 6.07 Å². The average Bonchev–Trinajstić information content (AvgIpc) is 3.27. The fourth-order valence-corrected chi connectivity index (χ4v) is 6.69. The van der Waals surface area contributed by atoms with E-state index in [-0.39, 0.29) is 18.2 Å². The molecule has 0 spiro atoms. The van der Waals surface area contributed by atoms with Crippen molar-refractivity contribution in [2.75, 3.05) is 20.8 Å². The number of ether oxygens (including phenoxy) is 2. The molecule has 1 aliphatic heterocycles. The van der Waals surface area contributed by atoms with Crippen LogP contribution in [0.15, 0.2) is 23.5 Å². The Morgan fingerprint density at radius 3 is 2.43 bits per heavy atom. The quantitative estimate of drug-likeness (QED) is 0.594. The van der Waals surface area contributed by atoms with Gasteiger partial charge in [0, 0.05) is 29.1 Å². The van der Waals surface area contributed by atoms with E-state index >= 15 is 0 Å². The van der Waals surface area contributed by atoms with Crippen molar-refractivity contribution in [1.82, 2.24) is 4.90 Å². The first-order chi connectivity index (χ1) is 14.4. The van der Waals surface area contributed by atoms with Crippen molar-refractivity contribution >= 4 is 0 Å². The molecule has 0 radical (unpaired) electrons. The van der Waals surface area contributed by atoms with Gasteiger partial charge in [0.05, 0.1) is 32.5 Å². The number of rotatable bonds is 3. The third-order valence-corrected chi connectivity index (χ3v) is 7.92. The van der Waals surface area contributed by atoms with Gasteiger partial charge in [0.15, 0.2) is 11.5 Å². The van der Waals surface area contributed by atoms with E-state index < -0.39 is 23.7 Å². The number of fused-ring (bicyclic) bond motifs is 1. The van der Waals surface area contributed by atoms with Gasteiger partial charge in [-0.2, -0.15) is 0 Å². The monoisotopic (exact) mass is 417 g/mol. The molecule has 1 saturated carbocycles. The maximum atomic E-state index is 11.6. The number of phenols is 1. The molecular weight excluding hydrogens is 386 g/mol. The molecular formula is C23H31NO6. The summed E-state index contributed by atoms with van der Waals surface area (Å²) in [5.74, 6) is 0.664. The summed E-state index contributed by atoms with van der Waals surface area (Å²) in [5, 5.41) is 44.2. The van der Waals surface area contributed by atoms with E-state index in [4.69, 9.17) is 9.47 Å². The summed E-state index contributed by atoms with van der Waals surface area (Å²) in [6.45, 7) is 0.756. The highest BCUT2D eigenvalue weighted by atomic mass is 16.5. The Bertz CT molecular complexity index is 879. The van der Waals surface area contributed by atoms with E-state index in [1.165, 1.54) is 27.1 Å². The van der Waals surface area contributed by atoms with Crippen molar-refractivity contribution in [2.45, 2.75) is 74.3 Å². The summed E-state index contributed by atoms with van der Waals surface area (Å²) in [7, 11) is 3.00. The van der Waals surface area contributed by atoms with Crippen LogP contribution in [0.3, 0.4) is 0 Å². The summed E-state index contributed by atoms with van der Waals surface area (Å²) in [4.78, 5) is 2.37. The predicted molar refractivity (Wildman–Crippen MR) is 109 cm³/mol. The molecule has 0 aromatic heterocycles. The molecule has 2 fully saturated rings. The molecule has 7 nitrogen and oxygen atoms in total. The second-order valence-electron chi connectivity index (χ2n) is 9.18. The zero-order valence-corrected chi connectivity index (χ0v) is 17.5. The molecule has 0 amide bonds. The van der Waals surface area contributed by atoms with Gasteiger partial charge >= 0.3 is 0 Å². The Labute approximate surface area is 176 Å². The molecule has 7 heteroatoms. The first-order valence-corrected chi connectivity index (χ1v) is 10.9. The Morgan fingerprint density at radius 2 is 1.77 bits per heavy atom. The van der Waals surface area contributed by atoms with Gasteiger partial charge in [-0.1, -0.05) is 18.9 Å². The molecule has 1 aromatic carbocycles. The van der Waals surface area contributed by atoms with Crippen molar-refractivity contribution in [2.24, 2.45) is 0 Å². The maximum Gasteiger partial charge on any atom is 0.162 e. The summed E-state index contributed by atoms with van der Waals surface area (Å²) in [5.41, 5.74) is 1.37. The Morgan fingerprint density at radius 1 is 1.03 bits per heavy atom. The van der Waals surface area contributed by atoms with Crippen LogP contribution in [0.5, 0.6) is 11.5 Å². The number of hydrogen-bond acceptors (Lipinski definition) is 7. The van der Waals surface area contributed by atoms with Gasteiger partial charge in [0.25, 0.3) is 0 Å². The van der Waals surface area contributed by atoms with Gasteiger partial charge in [0.2, 0.25) is 0 Å². The number of aliphatic hydroxyl groups is 3. The Balaban J connectivity index is 1.79. The minimum Gasteiger partial charge on any atom is -0.504 e. The molecule has 5 rings (SSSR count). The van der Waals surface area contributed by atoms with Crippen LogP contribution in [0.2, 0.25) is 0 Å². The second kappa shape index (κ2) is 7.12. The number of hydrogen-bond donors (Lipinski definition) is 4. The molecule has 164 valence electrons.